The van der Waals surface area contributed by atoms with E-state index < -0.39 is 26.0 Å². The van der Waals surface area contributed by atoms with Gasteiger partial charge in [0.1, 0.15) is 0 Å². The van der Waals surface area contributed by atoms with E-state index in [-0.39, 0.29) is 5.54 Å². The Morgan fingerprint density at radius 1 is 0.909 bits per heavy atom. The van der Waals surface area contributed by atoms with Crippen molar-refractivity contribution in [2.24, 2.45) is 23.7 Å². The van der Waals surface area contributed by atoms with Crippen LogP contribution in [0.1, 0.15) is 67.7 Å². The Morgan fingerprint density at radius 3 is 1.59 bits per heavy atom. The molecule has 0 amide bonds. The van der Waals surface area contributed by atoms with Crippen LogP contribution in [0.5, 0.6) is 0 Å². The van der Waals surface area contributed by atoms with E-state index in [1.165, 1.54) is 19.3 Å². The van der Waals surface area contributed by atoms with Crippen molar-refractivity contribution < 1.29 is 17.0 Å². The fourth-order valence-corrected chi connectivity index (χ4v) is 8.49. The zero-order valence-corrected chi connectivity index (χ0v) is 19.4. The molecule has 0 aliphatic heterocycles. The molecule has 0 aromatic rings. The Labute approximate surface area is 157 Å². The van der Waals surface area contributed by atoms with Crippen molar-refractivity contribution in [3.8, 4) is 0 Å². The van der Waals surface area contributed by atoms with Crippen LogP contribution < -0.4 is 0 Å². The van der Waals surface area contributed by atoms with E-state index in [1.807, 2.05) is 0 Å². The van der Waals surface area contributed by atoms with Gasteiger partial charge < -0.3 is 4.98 Å². The third kappa shape index (κ3) is 5.49. The van der Waals surface area contributed by atoms with E-state index in [1.54, 1.807) is 0 Å². The standard InChI is InChI=1S/C17H33NSi.2ClH.Ti/c1-11-12(2)14(4)16(13(11)3)19(15-9-8-10-15)18-17(5,6)7;;;/h11-16H,8-10H2,1-7H3;2*1H;/q-1;;;+2/p-2. The van der Waals surface area contributed by atoms with Crippen LogP contribution in [0.25, 0.3) is 4.98 Å². The zero-order chi connectivity index (χ0) is 17.1. The van der Waals surface area contributed by atoms with E-state index in [4.69, 9.17) is 23.6 Å². The number of nitrogens with zero attached hydrogens (tertiary/aromatic N) is 1. The average Bonchev–Trinajstić information content (AvgIpc) is 2.50. The van der Waals surface area contributed by atoms with Crippen LogP contribution in [-0.4, -0.2) is 14.5 Å². The molecule has 2 saturated carbocycles. The van der Waals surface area contributed by atoms with Crippen LogP contribution in [0.2, 0.25) is 11.1 Å². The van der Waals surface area contributed by atoms with Crippen molar-refractivity contribution in [2.75, 3.05) is 0 Å². The van der Waals surface area contributed by atoms with E-state index in [9.17, 15) is 0 Å². The first kappa shape index (κ1) is 21.5. The molecule has 0 spiro atoms. The van der Waals surface area contributed by atoms with Crippen molar-refractivity contribution in [3.63, 3.8) is 0 Å². The van der Waals surface area contributed by atoms with E-state index in [0.29, 0.717) is 0 Å². The molecule has 2 rings (SSSR count). The van der Waals surface area contributed by atoms with Crippen LogP contribution in [-0.2, 0) is 17.0 Å². The molecular weight excluding hydrogens is 365 g/mol. The summed E-state index contributed by atoms with van der Waals surface area (Å²) in [5.74, 6) is 3.53. The molecule has 0 aromatic carbocycles. The summed E-state index contributed by atoms with van der Waals surface area (Å²) in [6, 6.07) is 0. The van der Waals surface area contributed by atoms with Crippen LogP contribution in [0.15, 0.2) is 0 Å². The number of hydrogen-bond acceptors (Lipinski definition) is 0. The van der Waals surface area contributed by atoms with E-state index >= 15 is 0 Å². The van der Waals surface area contributed by atoms with Gasteiger partial charge in [0.05, 0.1) is 0 Å². The monoisotopic (exact) mass is 397 g/mol. The van der Waals surface area contributed by atoms with Crippen molar-refractivity contribution in [3.05, 3.63) is 4.98 Å². The second kappa shape index (κ2) is 9.25. The van der Waals surface area contributed by atoms with E-state index in [2.05, 4.69) is 48.5 Å². The van der Waals surface area contributed by atoms with Gasteiger partial charge in [0.2, 0.25) is 0 Å². The Hall–Kier alpha value is 1.47. The Morgan fingerprint density at radius 2 is 1.32 bits per heavy atom. The van der Waals surface area contributed by atoms with Gasteiger partial charge in [0.15, 0.2) is 0 Å². The maximum absolute atomic E-state index is 5.38. The van der Waals surface area contributed by atoms with Gasteiger partial charge in [-0.05, 0) is 23.7 Å². The molecule has 0 N–H and O–H groups in total. The van der Waals surface area contributed by atoms with Crippen molar-refractivity contribution >= 4 is 27.6 Å². The van der Waals surface area contributed by atoms with Crippen molar-refractivity contribution in [1.29, 1.82) is 0 Å². The van der Waals surface area contributed by atoms with Gasteiger partial charge in [-0.1, -0.05) is 87.8 Å². The third-order valence-electron chi connectivity index (χ3n) is 5.95. The van der Waals surface area contributed by atoms with Crippen molar-refractivity contribution in [1.82, 2.24) is 0 Å². The molecule has 0 saturated heterocycles. The molecular formula is C17H33Cl2NSiTi-. The Balaban J connectivity index is 0.000000745. The third-order valence-corrected chi connectivity index (χ3v) is 10.0. The normalized spacial score (nSPS) is 35.8. The summed E-state index contributed by atoms with van der Waals surface area (Å²) in [7, 11) is 9.22. The minimum absolute atomic E-state index is 0.165. The summed E-state index contributed by atoms with van der Waals surface area (Å²) in [5.41, 5.74) is 2.06. The first-order chi connectivity index (χ1) is 10.1. The van der Waals surface area contributed by atoms with Crippen LogP contribution >= 0.6 is 18.6 Å². The Bertz CT molecular complexity index is 319. The molecule has 22 heavy (non-hydrogen) atoms. The zero-order valence-electron chi connectivity index (χ0n) is 15.3. The molecule has 0 heterocycles. The van der Waals surface area contributed by atoms with Gasteiger partial charge in [0, 0.05) is 0 Å². The summed E-state index contributed by atoms with van der Waals surface area (Å²) in [4.78, 5) is 5.38. The topological polar surface area (TPSA) is 14.1 Å². The van der Waals surface area contributed by atoms with Crippen molar-refractivity contribution in [2.45, 2.75) is 84.3 Å². The second-order valence-corrected chi connectivity index (χ2v) is 13.5. The molecule has 0 aromatic heterocycles. The molecule has 2 aliphatic carbocycles. The molecule has 5 heteroatoms. The molecule has 4 atom stereocenters. The maximum atomic E-state index is 5.38. The minimum atomic E-state index is -0.559. The van der Waals surface area contributed by atoms with Gasteiger partial charge in [-0.15, -0.1) is 5.54 Å². The quantitative estimate of drug-likeness (QED) is 0.454. The predicted octanol–water partition coefficient (Wildman–Crippen LogP) is 7.01. The second-order valence-electron chi connectivity index (χ2n) is 8.37. The van der Waals surface area contributed by atoms with Gasteiger partial charge in [-0.3, -0.25) is 0 Å². The Kier molecular flexibility index (Phi) is 9.04. The molecule has 1 nitrogen and oxygen atoms in total. The fourth-order valence-electron chi connectivity index (χ4n) is 4.16. The summed E-state index contributed by atoms with van der Waals surface area (Å²) in [5, 5.41) is 0. The molecule has 4 unspecified atom stereocenters. The number of rotatable bonds is 3. The van der Waals surface area contributed by atoms with Crippen LogP contribution in [0.4, 0.5) is 0 Å². The van der Waals surface area contributed by atoms with E-state index in [0.717, 1.165) is 34.8 Å². The number of halogens is 2. The molecule has 2 aliphatic rings. The van der Waals surface area contributed by atoms with Crippen LogP contribution in [0.3, 0.4) is 0 Å². The van der Waals surface area contributed by atoms with Gasteiger partial charge in [-0.25, -0.2) is 0 Å². The summed E-state index contributed by atoms with van der Waals surface area (Å²) < 4.78 is 0. The first-order valence-electron chi connectivity index (χ1n) is 8.70. The van der Waals surface area contributed by atoms with Gasteiger partial charge in [-0.2, -0.15) is 0 Å². The summed E-state index contributed by atoms with van der Waals surface area (Å²) in [6.45, 7) is 16.9. The number of hydrogen-bond donors (Lipinski definition) is 0. The SMILES string of the molecule is CC1C(C)C(C)C([Si]([N-]C(C)(C)C)C2CCC2)C1C.[Cl][Ti][Cl]. The summed E-state index contributed by atoms with van der Waals surface area (Å²) in [6.07, 6.45) is 4.39. The van der Waals surface area contributed by atoms with Gasteiger partial charge in [0.25, 0.3) is 0 Å². The predicted molar refractivity (Wildman–Crippen MR) is 98.6 cm³/mol. The molecule has 1 radical (unpaired) electrons. The van der Waals surface area contributed by atoms with Crippen LogP contribution in [0, 0.1) is 23.7 Å². The molecule has 0 bridgehead atoms. The first-order valence-corrected chi connectivity index (χ1v) is 14.6. The summed E-state index contributed by atoms with van der Waals surface area (Å²) >= 11 is -0.556. The molecule has 129 valence electrons. The van der Waals surface area contributed by atoms with Gasteiger partial charge >= 0.3 is 35.6 Å². The molecule has 2 fully saturated rings. The fraction of sp³-hybridized carbons (Fsp3) is 1.00. The average molecular weight is 398 g/mol.